The summed E-state index contributed by atoms with van der Waals surface area (Å²) in [5.41, 5.74) is 5.57. The van der Waals surface area contributed by atoms with Gasteiger partial charge in [-0.15, -0.1) is 0 Å². The second kappa shape index (κ2) is 7.57. The Labute approximate surface area is 126 Å². The molecule has 0 aromatic heterocycles. The first-order chi connectivity index (χ1) is 9.69. The normalized spacial score (nSPS) is 17.5. The molecule has 20 heavy (non-hydrogen) atoms. The van der Waals surface area contributed by atoms with Crippen molar-refractivity contribution in [3.63, 3.8) is 0 Å². The number of anilines is 1. The number of nitrogens with one attached hydrogen (secondary N) is 2. The molecule has 0 spiro atoms. The van der Waals surface area contributed by atoms with Gasteiger partial charge in [-0.1, -0.05) is 26.0 Å². The van der Waals surface area contributed by atoms with E-state index in [-0.39, 0.29) is 0 Å². The largest absolute Gasteiger partial charge is 0.379 e. The molecule has 2 N–H and O–H groups in total. The number of hydrazine groups is 1. The summed E-state index contributed by atoms with van der Waals surface area (Å²) in [6.45, 7) is 7.66. The SMILES string of the molecule is CC[C@@H](C)c1ccc(NC(=S)NN2CCOCC2)cc1. The zero-order valence-electron chi connectivity index (χ0n) is 12.2. The summed E-state index contributed by atoms with van der Waals surface area (Å²) in [6, 6.07) is 8.48. The lowest BCUT2D eigenvalue weighted by Gasteiger charge is -2.28. The molecule has 1 saturated heterocycles. The average Bonchev–Trinajstić information content (AvgIpc) is 2.48. The van der Waals surface area contributed by atoms with Crippen LogP contribution in [-0.2, 0) is 4.74 Å². The minimum Gasteiger partial charge on any atom is -0.379 e. The lowest BCUT2D eigenvalue weighted by molar-refractivity contribution is 0.0252. The van der Waals surface area contributed by atoms with Crippen molar-refractivity contribution in [3.05, 3.63) is 29.8 Å². The van der Waals surface area contributed by atoms with E-state index in [1.807, 2.05) is 0 Å². The van der Waals surface area contributed by atoms with E-state index >= 15 is 0 Å². The maximum atomic E-state index is 5.32. The molecule has 0 saturated carbocycles. The molecule has 110 valence electrons. The highest BCUT2D eigenvalue weighted by Crippen LogP contribution is 2.20. The average molecular weight is 293 g/mol. The third-order valence-electron chi connectivity index (χ3n) is 3.62. The van der Waals surface area contributed by atoms with Gasteiger partial charge in [0.05, 0.1) is 13.2 Å². The van der Waals surface area contributed by atoms with Crippen LogP contribution in [0.3, 0.4) is 0 Å². The van der Waals surface area contributed by atoms with Gasteiger partial charge in [-0.3, -0.25) is 5.43 Å². The highest BCUT2D eigenvalue weighted by molar-refractivity contribution is 7.80. The Kier molecular flexibility index (Phi) is 5.76. The van der Waals surface area contributed by atoms with Gasteiger partial charge < -0.3 is 10.1 Å². The van der Waals surface area contributed by atoms with Crippen molar-refractivity contribution in [1.82, 2.24) is 10.4 Å². The Morgan fingerprint density at radius 2 is 1.95 bits per heavy atom. The Morgan fingerprint density at radius 1 is 1.30 bits per heavy atom. The first-order valence-corrected chi connectivity index (χ1v) is 7.60. The molecule has 0 bridgehead atoms. The first kappa shape index (κ1) is 15.2. The van der Waals surface area contributed by atoms with Gasteiger partial charge >= 0.3 is 0 Å². The summed E-state index contributed by atoms with van der Waals surface area (Å²) < 4.78 is 5.30. The standard InChI is InChI=1S/C15H23N3OS/c1-3-12(2)13-4-6-14(7-5-13)16-15(20)17-18-8-10-19-11-9-18/h4-7,12H,3,8-11H2,1-2H3,(H2,16,17,20)/t12-/m1/s1. The Bertz CT molecular complexity index is 429. The van der Waals surface area contributed by atoms with Crippen LogP contribution in [-0.4, -0.2) is 36.4 Å². The highest BCUT2D eigenvalue weighted by atomic mass is 32.1. The molecule has 2 rings (SSSR count). The molecular formula is C15H23N3OS. The minimum atomic E-state index is 0.600. The number of nitrogens with zero attached hydrogens (tertiary/aromatic N) is 1. The number of rotatable bonds is 4. The van der Waals surface area contributed by atoms with Gasteiger partial charge in [-0.25, -0.2) is 5.01 Å². The molecule has 1 aromatic rings. The highest BCUT2D eigenvalue weighted by Gasteiger charge is 2.11. The Balaban J connectivity index is 1.84. The van der Waals surface area contributed by atoms with E-state index in [1.165, 1.54) is 5.56 Å². The predicted molar refractivity (Wildman–Crippen MR) is 86.9 cm³/mol. The van der Waals surface area contributed by atoms with Crippen LogP contribution in [0.15, 0.2) is 24.3 Å². The molecule has 0 aliphatic carbocycles. The molecule has 0 amide bonds. The quantitative estimate of drug-likeness (QED) is 0.835. The minimum absolute atomic E-state index is 0.600. The summed E-state index contributed by atoms with van der Waals surface area (Å²) in [6.07, 6.45) is 1.16. The van der Waals surface area contributed by atoms with E-state index in [0.717, 1.165) is 38.4 Å². The van der Waals surface area contributed by atoms with Gasteiger partial charge in [0.25, 0.3) is 0 Å². The van der Waals surface area contributed by atoms with Crippen LogP contribution >= 0.6 is 12.2 Å². The van der Waals surface area contributed by atoms with Crippen molar-refractivity contribution in [2.24, 2.45) is 0 Å². The number of ether oxygens (including phenoxy) is 1. The van der Waals surface area contributed by atoms with Crippen molar-refractivity contribution in [2.45, 2.75) is 26.2 Å². The molecule has 1 heterocycles. The van der Waals surface area contributed by atoms with Crippen LogP contribution in [0.25, 0.3) is 0 Å². The van der Waals surface area contributed by atoms with Crippen LogP contribution in [0.1, 0.15) is 31.7 Å². The van der Waals surface area contributed by atoms with Crippen molar-refractivity contribution in [2.75, 3.05) is 31.6 Å². The lowest BCUT2D eigenvalue weighted by Crippen LogP contribution is -2.49. The van der Waals surface area contributed by atoms with Crippen LogP contribution in [0.5, 0.6) is 0 Å². The molecule has 1 aromatic carbocycles. The van der Waals surface area contributed by atoms with Crippen LogP contribution < -0.4 is 10.7 Å². The molecule has 0 radical (unpaired) electrons. The number of thiocarbonyl (C=S) groups is 1. The van der Waals surface area contributed by atoms with Gasteiger partial charge in [-0.2, -0.15) is 0 Å². The van der Waals surface area contributed by atoms with Gasteiger partial charge in [0, 0.05) is 18.8 Å². The molecule has 4 nitrogen and oxygen atoms in total. The van der Waals surface area contributed by atoms with Crippen molar-refractivity contribution >= 4 is 23.0 Å². The predicted octanol–water partition coefficient (Wildman–Crippen LogP) is 2.73. The fraction of sp³-hybridized carbons (Fsp3) is 0.533. The second-order valence-corrected chi connectivity index (χ2v) is 5.50. The number of benzene rings is 1. The number of morpholine rings is 1. The molecule has 1 atom stereocenters. The Morgan fingerprint density at radius 3 is 2.55 bits per heavy atom. The maximum absolute atomic E-state index is 5.32. The van der Waals surface area contributed by atoms with Crippen LogP contribution in [0, 0.1) is 0 Å². The molecule has 0 unspecified atom stereocenters. The Hall–Kier alpha value is -1.17. The smallest absolute Gasteiger partial charge is 0.185 e. The van der Waals surface area contributed by atoms with Gasteiger partial charge in [0.15, 0.2) is 5.11 Å². The topological polar surface area (TPSA) is 36.5 Å². The van der Waals surface area contributed by atoms with E-state index in [4.69, 9.17) is 17.0 Å². The fourth-order valence-corrected chi connectivity index (χ4v) is 2.36. The van der Waals surface area contributed by atoms with Gasteiger partial charge in [0.1, 0.15) is 0 Å². The van der Waals surface area contributed by atoms with Crippen molar-refractivity contribution < 1.29 is 4.74 Å². The summed E-state index contributed by atoms with van der Waals surface area (Å²) in [4.78, 5) is 0. The molecule has 1 fully saturated rings. The zero-order valence-corrected chi connectivity index (χ0v) is 13.0. The molecule has 1 aliphatic rings. The summed E-state index contributed by atoms with van der Waals surface area (Å²) in [5.74, 6) is 0.600. The van der Waals surface area contributed by atoms with E-state index in [2.05, 4.69) is 53.9 Å². The van der Waals surface area contributed by atoms with E-state index in [0.29, 0.717) is 11.0 Å². The molecule has 5 heteroatoms. The number of hydrogen-bond donors (Lipinski definition) is 2. The second-order valence-electron chi connectivity index (χ2n) is 5.10. The monoisotopic (exact) mass is 293 g/mol. The van der Waals surface area contributed by atoms with E-state index in [9.17, 15) is 0 Å². The van der Waals surface area contributed by atoms with Gasteiger partial charge in [0.2, 0.25) is 0 Å². The summed E-state index contributed by atoms with van der Waals surface area (Å²) in [7, 11) is 0. The fourth-order valence-electron chi connectivity index (χ4n) is 2.11. The zero-order chi connectivity index (χ0) is 14.4. The third kappa shape index (κ3) is 4.44. The summed E-state index contributed by atoms with van der Waals surface area (Å²) >= 11 is 5.32. The van der Waals surface area contributed by atoms with E-state index < -0.39 is 0 Å². The van der Waals surface area contributed by atoms with E-state index in [1.54, 1.807) is 0 Å². The van der Waals surface area contributed by atoms with Gasteiger partial charge in [-0.05, 0) is 42.3 Å². The van der Waals surface area contributed by atoms with Crippen molar-refractivity contribution in [3.8, 4) is 0 Å². The van der Waals surface area contributed by atoms with Crippen LogP contribution in [0.4, 0.5) is 5.69 Å². The lowest BCUT2D eigenvalue weighted by atomic mass is 9.99. The maximum Gasteiger partial charge on any atom is 0.185 e. The number of hydrogen-bond acceptors (Lipinski definition) is 3. The first-order valence-electron chi connectivity index (χ1n) is 7.19. The van der Waals surface area contributed by atoms with Crippen molar-refractivity contribution in [1.29, 1.82) is 0 Å². The molecular weight excluding hydrogens is 270 g/mol. The molecule has 1 aliphatic heterocycles. The third-order valence-corrected chi connectivity index (χ3v) is 3.81. The summed E-state index contributed by atoms with van der Waals surface area (Å²) in [5, 5.41) is 5.91. The van der Waals surface area contributed by atoms with Crippen LogP contribution in [0.2, 0.25) is 0 Å².